The first kappa shape index (κ1) is 19.3. The zero-order valence-corrected chi connectivity index (χ0v) is 17.2. The molecule has 1 N–H and O–H groups in total. The Balaban J connectivity index is 1.23. The van der Waals surface area contributed by atoms with E-state index in [1.807, 2.05) is 22.9 Å². The van der Waals surface area contributed by atoms with E-state index in [0.29, 0.717) is 19.6 Å². The van der Waals surface area contributed by atoms with Crippen molar-refractivity contribution in [2.45, 2.75) is 19.1 Å². The van der Waals surface area contributed by atoms with Gasteiger partial charge in [0.25, 0.3) is 0 Å². The zero-order valence-electron chi connectivity index (χ0n) is 15.5. The number of ether oxygens (including phenoxy) is 1. The van der Waals surface area contributed by atoms with Gasteiger partial charge >= 0.3 is 0 Å². The second-order valence-electron chi connectivity index (χ2n) is 6.82. The van der Waals surface area contributed by atoms with Crippen LogP contribution in [0, 0.1) is 0 Å². The van der Waals surface area contributed by atoms with Crippen LogP contribution in [-0.2, 0) is 22.5 Å². The summed E-state index contributed by atoms with van der Waals surface area (Å²) in [5.74, 6) is -0.00758. The summed E-state index contributed by atoms with van der Waals surface area (Å²) in [7, 11) is 0. The molecule has 28 heavy (non-hydrogen) atoms. The SMILES string of the molecule is O=C(Cc1csc(-c2cccs2)n1)NCC1CN(Cc2ccccc2)CCO1. The summed E-state index contributed by atoms with van der Waals surface area (Å²) in [4.78, 5) is 20.4. The number of thiazole rings is 1. The number of nitrogens with zero attached hydrogens (tertiary/aromatic N) is 2. The van der Waals surface area contributed by atoms with E-state index in [1.54, 1.807) is 22.7 Å². The van der Waals surface area contributed by atoms with E-state index in [4.69, 9.17) is 4.74 Å². The summed E-state index contributed by atoms with van der Waals surface area (Å²) < 4.78 is 5.83. The molecule has 4 rings (SSSR count). The minimum Gasteiger partial charge on any atom is -0.374 e. The molecular formula is C21H23N3O2S2. The van der Waals surface area contributed by atoms with Crippen LogP contribution in [0.5, 0.6) is 0 Å². The third-order valence-corrected chi connectivity index (χ3v) is 6.55. The molecule has 7 heteroatoms. The minimum absolute atomic E-state index is 0.00758. The lowest BCUT2D eigenvalue weighted by molar-refractivity contribution is -0.121. The molecule has 1 aliphatic heterocycles. The summed E-state index contributed by atoms with van der Waals surface area (Å²) in [5.41, 5.74) is 2.12. The number of hydrogen-bond acceptors (Lipinski definition) is 6. The van der Waals surface area contributed by atoms with Crippen molar-refractivity contribution in [3.8, 4) is 9.88 Å². The first-order chi connectivity index (χ1) is 13.8. The quantitative estimate of drug-likeness (QED) is 0.645. The van der Waals surface area contributed by atoms with Crippen LogP contribution >= 0.6 is 22.7 Å². The molecule has 0 bridgehead atoms. The van der Waals surface area contributed by atoms with E-state index in [9.17, 15) is 4.79 Å². The van der Waals surface area contributed by atoms with E-state index < -0.39 is 0 Å². The molecule has 1 amide bonds. The average molecular weight is 414 g/mol. The maximum absolute atomic E-state index is 12.3. The number of rotatable bonds is 7. The number of benzene rings is 1. The molecule has 2 aromatic heterocycles. The fourth-order valence-electron chi connectivity index (χ4n) is 3.25. The van der Waals surface area contributed by atoms with Crippen molar-refractivity contribution < 1.29 is 9.53 Å². The zero-order chi connectivity index (χ0) is 19.2. The van der Waals surface area contributed by atoms with Gasteiger partial charge in [-0.3, -0.25) is 9.69 Å². The Morgan fingerprint density at radius 2 is 2.11 bits per heavy atom. The van der Waals surface area contributed by atoms with Crippen molar-refractivity contribution in [2.75, 3.05) is 26.2 Å². The van der Waals surface area contributed by atoms with Gasteiger partial charge in [0, 0.05) is 31.6 Å². The van der Waals surface area contributed by atoms with E-state index in [1.165, 1.54) is 5.56 Å². The first-order valence-electron chi connectivity index (χ1n) is 9.39. The number of thiophene rings is 1. The number of hydrogen-bond donors (Lipinski definition) is 1. The Labute approximate surface area is 173 Å². The average Bonchev–Trinajstić information content (AvgIpc) is 3.39. The monoisotopic (exact) mass is 413 g/mol. The smallest absolute Gasteiger partial charge is 0.226 e. The van der Waals surface area contributed by atoms with Crippen LogP contribution in [0.4, 0.5) is 0 Å². The van der Waals surface area contributed by atoms with Crippen LogP contribution in [0.3, 0.4) is 0 Å². The maximum atomic E-state index is 12.3. The second kappa shape index (κ2) is 9.43. The number of aromatic nitrogens is 1. The van der Waals surface area contributed by atoms with Crippen molar-refractivity contribution in [1.82, 2.24) is 15.2 Å². The number of nitrogens with one attached hydrogen (secondary N) is 1. The van der Waals surface area contributed by atoms with E-state index in [0.717, 1.165) is 35.2 Å². The topological polar surface area (TPSA) is 54.5 Å². The van der Waals surface area contributed by atoms with Gasteiger partial charge in [0.15, 0.2) is 0 Å². The molecular weight excluding hydrogens is 390 g/mol. The molecule has 1 unspecified atom stereocenters. The van der Waals surface area contributed by atoms with Crippen LogP contribution in [0.2, 0.25) is 0 Å². The van der Waals surface area contributed by atoms with E-state index in [-0.39, 0.29) is 12.0 Å². The highest BCUT2D eigenvalue weighted by Gasteiger charge is 2.21. The van der Waals surface area contributed by atoms with E-state index >= 15 is 0 Å². The van der Waals surface area contributed by atoms with Crippen LogP contribution in [0.1, 0.15) is 11.3 Å². The van der Waals surface area contributed by atoms with Crippen molar-refractivity contribution in [2.24, 2.45) is 0 Å². The molecule has 0 radical (unpaired) electrons. The predicted octanol–water partition coefficient (Wildman–Crippen LogP) is 3.43. The first-order valence-corrected chi connectivity index (χ1v) is 11.1. The molecule has 1 fully saturated rings. The molecule has 146 valence electrons. The van der Waals surface area contributed by atoms with Crippen LogP contribution in [0.15, 0.2) is 53.2 Å². The lowest BCUT2D eigenvalue weighted by Crippen LogP contribution is -2.47. The third-order valence-electron chi connectivity index (χ3n) is 4.62. The number of carbonyl (C=O) groups is 1. The van der Waals surface area contributed by atoms with Crippen LogP contribution < -0.4 is 5.32 Å². The highest BCUT2D eigenvalue weighted by atomic mass is 32.1. The largest absolute Gasteiger partial charge is 0.374 e. The fourth-order valence-corrected chi connectivity index (χ4v) is 4.88. The van der Waals surface area contributed by atoms with Gasteiger partial charge in [0.05, 0.1) is 29.7 Å². The van der Waals surface area contributed by atoms with Crippen molar-refractivity contribution >= 4 is 28.6 Å². The third kappa shape index (κ3) is 5.26. The maximum Gasteiger partial charge on any atom is 0.226 e. The Kier molecular flexibility index (Phi) is 6.49. The molecule has 0 saturated carbocycles. The molecule has 1 aromatic carbocycles. The predicted molar refractivity (Wildman–Crippen MR) is 114 cm³/mol. The number of morpholine rings is 1. The van der Waals surface area contributed by atoms with Crippen molar-refractivity contribution in [3.63, 3.8) is 0 Å². The van der Waals surface area contributed by atoms with Crippen LogP contribution in [0.25, 0.3) is 9.88 Å². The molecule has 1 aliphatic rings. The van der Waals surface area contributed by atoms with Gasteiger partial charge in [0.2, 0.25) is 5.91 Å². The van der Waals surface area contributed by atoms with Gasteiger partial charge in [0.1, 0.15) is 5.01 Å². The van der Waals surface area contributed by atoms with Crippen molar-refractivity contribution in [1.29, 1.82) is 0 Å². The van der Waals surface area contributed by atoms with Gasteiger partial charge < -0.3 is 10.1 Å². The van der Waals surface area contributed by atoms with E-state index in [2.05, 4.69) is 45.5 Å². The fraction of sp³-hybridized carbons (Fsp3) is 0.333. The van der Waals surface area contributed by atoms with Gasteiger partial charge in [-0.05, 0) is 17.0 Å². The molecule has 1 atom stereocenters. The minimum atomic E-state index is -0.00758. The summed E-state index contributed by atoms with van der Waals surface area (Å²) in [6.45, 7) is 3.90. The normalized spacial score (nSPS) is 17.5. The second-order valence-corrected chi connectivity index (χ2v) is 8.62. The van der Waals surface area contributed by atoms with Crippen molar-refractivity contribution in [3.05, 3.63) is 64.5 Å². The molecule has 0 aliphatic carbocycles. The molecule has 0 spiro atoms. The van der Waals surface area contributed by atoms with Crippen LogP contribution in [-0.4, -0.2) is 48.1 Å². The van der Waals surface area contributed by atoms with Gasteiger partial charge in [-0.2, -0.15) is 0 Å². The highest BCUT2D eigenvalue weighted by Crippen LogP contribution is 2.27. The lowest BCUT2D eigenvalue weighted by atomic mass is 10.2. The number of carbonyl (C=O) groups excluding carboxylic acids is 1. The molecule has 3 aromatic rings. The summed E-state index contributed by atoms with van der Waals surface area (Å²) in [5, 5.41) is 7.98. The molecule has 5 nitrogen and oxygen atoms in total. The Morgan fingerprint density at radius 3 is 2.93 bits per heavy atom. The summed E-state index contributed by atoms with van der Waals surface area (Å²) >= 11 is 3.25. The van der Waals surface area contributed by atoms with Gasteiger partial charge in [-0.25, -0.2) is 4.98 Å². The highest BCUT2D eigenvalue weighted by molar-refractivity contribution is 7.20. The van der Waals surface area contributed by atoms with Gasteiger partial charge in [-0.1, -0.05) is 36.4 Å². The Hall–Kier alpha value is -2.06. The summed E-state index contributed by atoms with van der Waals surface area (Å²) in [6, 6.07) is 14.5. The standard InChI is InChI=1S/C21H23N3O2S2/c25-20(11-17-15-28-21(23-17)19-7-4-10-27-19)22-12-18-14-24(8-9-26-18)13-16-5-2-1-3-6-16/h1-7,10,15,18H,8-9,11-14H2,(H,22,25). The Bertz CT molecular complexity index is 880. The molecule has 3 heterocycles. The molecule has 1 saturated heterocycles. The number of amides is 1. The lowest BCUT2D eigenvalue weighted by Gasteiger charge is -2.33. The summed E-state index contributed by atoms with van der Waals surface area (Å²) in [6.07, 6.45) is 0.334. The Morgan fingerprint density at radius 1 is 1.21 bits per heavy atom. The van der Waals surface area contributed by atoms with Gasteiger partial charge in [-0.15, -0.1) is 22.7 Å².